The zero-order valence-corrected chi connectivity index (χ0v) is 11.3. The zero-order valence-electron chi connectivity index (χ0n) is 7.31. The standard InChI is InChI=1S/C9H11Br2NS/c1-2-6(5-12)3-7-4-8(10)9(11)13-7/h3-4H,2,5,12H2,1H3/b6-3+. The van der Waals surface area contributed by atoms with E-state index >= 15 is 0 Å². The average Bonchev–Trinajstić information content (AvgIpc) is 2.42. The molecule has 0 saturated carbocycles. The van der Waals surface area contributed by atoms with Crippen LogP contribution in [0.25, 0.3) is 6.08 Å². The highest BCUT2D eigenvalue weighted by Crippen LogP contribution is 2.33. The van der Waals surface area contributed by atoms with Crippen LogP contribution in [-0.2, 0) is 0 Å². The normalized spacial score (nSPS) is 12.2. The molecule has 0 atom stereocenters. The predicted octanol–water partition coefficient (Wildman–Crippen LogP) is 4.03. The van der Waals surface area contributed by atoms with Gasteiger partial charge in [-0.1, -0.05) is 12.5 Å². The van der Waals surface area contributed by atoms with Crippen LogP contribution in [0.5, 0.6) is 0 Å². The lowest BCUT2D eigenvalue weighted by Crippen LogP contribution is -2.01. The minimum absolute atomic E-state index is 0.642. The van der Waals surface area contributed by atoms with Crippen LogP contribution in [0.3, 0.4) is 0 Å². The third kappa shape index (κ3) is 3.20. The number of halogens is 2. The fraction of sp³-hybridized carbons (Fsp3) is 0.333. The lowest BCUT2D eigenvalue weighted by atomic mass is 10.2. The van der Waals surface area contributed by atoms with Gasteiger partial charge in [0, 0.05) is 15.9 Å². The first-order chi connectivity index (χ1) is 6.17. The fourth-order valence-corrected chi connectivity index (χ4v) is 3.02. The van der Waals surface area contributed by atoms with E-state index in [1.165, 1.54) is 10.5 Å². The highest BCUT2D eigenvalue weighted by atomic mass is 79.9. The molecular formula is C9H11Br2NS. The molecule has 2 N–H and O–H groups in total. The van der Waals surface area contributed by atoms with Gasteiger partial charge in [0.2, 0.25) is 0 Å². The Bertz CT molecular complexity index is 292. The maximum absolute atomic E-state index is 5.59. The molecule has 0 saturated heterocycles. The van der Waals surface area contributed by atoms with Gasteiger partial charge in [0.1, 0.15) is 0 Å². The molecule has 0 aliphatic carbocycles. The van der Waals surface area contributed by atoms with Crippen molar-refractivity contribution in [3.05, 3.63) is 24.8 Å². The van der Waals surface area contributed by atoms with Crippen molar-refractivity contribution in [2.75, 3.05) is 6.54 Å². The van der Waals surface area contributed by atoms with E-state index in [0.29, 0.717) is 6.54 Å². The maximum Gasteiger partial charge on any atom is 0.0846 e. The van der Waals surface area contributed by atoms with Crippen LogP contribution in [0.2, 0.25) is 0 Å². The molecule has 0 fully saturated rings. The molecule has 72 valence electrons. The van der Waals surface area contributed by atoms with Gasteiger partial charge in [0.05, 0.1) is 3.79 Å². The van der Waals surface area contributed by atoms with Crippen molar-refractivity contribution in [1.82, 2.24) is 0 Å². The minimum Gasteiger partial charge on any atom is -0.327 e. The average molecular weight is 325 g/mol. The van der Waals surface area contributed by atoms with Crippen molar-refractivity contribution in [1.29, 1.82) is 0 Å². The van der Waals surface area contributed by atoms with E-state index in [4.69, 9.17) is 5.73 Å². The van der Waals surface area contributed by atoms with Gasteiger partial charge in [-0.15, -0.1) is 11.3 Å². The van der Waals surface area contributed by atoms with Crippen LogP contribution in [-0.4, -0.2) is 6.54 Å². The molecular weight excluding hydrogens is 314 g/mol. The topological polar surface area (TPSA) is 26.0 Å². The van der Waals surface area contributed by atoms with E-state index in [-0.39, 0.29) is 0 Å². The number of thiophene rings is 1. The first kappa shape index (κ1) is 11.4. The quantitative estimate of drug-likeness (QED) is 0.892. The second-order valence-electron chi connectivity index (χ2n) is 2.63. The smallest absolute Gasteiger partial charge is 0.0846 e. The summed E-state index contributed by atoms with van der Waals surface area (Å²) in [7, 11) is 0. The summed E-state index contributed by atoms with van der Waals surface area (Å²) in [5.41, 5.74) is 6.87. The highest BCUT2D eigenvalue weighted by Gasteiger charge is 2.02. The summed E-state index contributed by atoms with van der Waals surface area (Å²) in [6.07, 6.45) is 3.17. The largest absolute Gasteiger partial charge is 0.327 e. The van der Waals surface area contributed by atoms with Crippen molar-refractivity contribution >= 4 is 49.3 Å². The third-order valence-electron chi connectivity index (χ3n) is 1.73. The van der Waals surface area contributed by atoms with Gasteiger partial charge in [0.25, 0.3) is 0 Å². The molecule has 1 heterocycles. The Morgan fingerprint density at radius 2 is 2.31 bits per heavy atom. The Hall–Kier alpha value is 0.360. The summed E-state index contributed by atoms with van der Waals surface area (Å²) in [5, 5.41) is 0. The highest BCUT2D eigenvalue weighted by molar-refractivity contribution is 9.13. The van der Waals surface area contributed by atoms with Gasteiger partial charge >= 0.3 is 0 Å². The summed E-state index contributed by atoms with van der Waals surface area (Å²) in [6.45, 7) is 2.76. The van der Waals surface area contributed by atoms with Crippen LogP contribution >= 0.6 is 43.2 Å². The lowest BCUT2D eigenvalue weighted by molar-refractivity contribution is 1.02. The summed E-state index contributed by atoms with van der Waals surface area (Å²) in [4.78, 5) is 1.24. The zero-order chi connectivity index (χ0) is 9.84. The number of hydrogen-bond donors (Lipinski definition) is 1. The third-order valence-corrected chi connectivity index (χ3v) is 4.93. The van der Waals surface area contributed by atoms with Crippen molar-refractivity contribution in [2.45, 2.75) is 13.3 Å². The van der Waals surface area contributed by atoms with E-state index in [9.17, 15) is 0 Å². The van der Waals surface area contributed by atoms with E-state index in [1.54, 1.807) is 11.3 Å². The van der Waals surface area contributed by atoms with Gasteiger partial charge < -0.3 is 5.73 Å². The van der Waals surface area contributed by atoms with Gasteiger partial charge in [-0.3, -0.25) is 0 Å². The van der Waals surface area contributed by atoms with Gasteiger partial charge in [-0.25, -0.2) is 0 Å². The molecule has 1 nitrogen and oxygen atoms in total. The van der Waals surface area contributed by atoms with E-state index < -0.39 is 0 Å². The Morgan fingerprint density at radius 3 is 2.69 bits per heavy atom. The lowest BCUT2D eigenvalue weighted by Gasteiger charge is -1.97. The summed E-state index contributed by atoms with van der Waals surface area (Å²) in [6, 6.07) is 2.10. The number of hydrogen-bond acceptors (Lipinski definition) is 2. The molecule has 0 amide bonds. The molecule has 4 heteroatoms. The van der Waals surface area contributed by atoms with Crippen LogP contribution in [0.1, 0.15) is 18.2 Å². The summed E-state index contributed by atoms with van der Waals surface area (Å²) < 4.78 is 2.24. The molecule has 0 spiro atoms. The van der Waals surface area contributed by atoms with Gasteiger partial charge in [0.15, 0.2) is 0 Å². The molecule has 13 heavy (non-hydrogen) atoms. The van der Waals surface area contributed by atoms with Crippen LogP contribution in [0, 0.1) is 0 Å². The second kappa shape index (κ2) is 5.29. The fourth-order valence-electron chi connectivity index (χ4n) is 0.941. The molecule has 1 aromatic rings. The molecule has 1 rings (SSSR count). The molecule has 0 radical (unpaired) electrons. The number of nitrogens with two attached hydrogens (primary N) is 1. The Kier molecular flexibility index (Phi) is 4.66. The van der Waals surface area contributed by atoms with Crippen molar-refractivity contribution in [3.8, 4) is 0 Å². The Morgan fingerprint density at radius 1 is 1.62 bits per heavy atom. The summed E-state index contributed by atoms with van der Waals surface area (Å²) >= 11 is 8.63. The van der Waals surface area contributed by atoms with Gasteiger partial charge in [-0.05, 0) is 50.4 Å². The van der Waals surface area contributed by atoms with Crippen molar-refractivity contribution in [2.24, 2.45) is 5.73 Å². The van der Waals surface area contributed by atoms with E-state index in [1.807, 2.05) is 0 Å². The molecule has 1 aromatic heterocycles. The van der Waals surface area contributed by atoms with Crippen molar-refractivity contribution < 1.29 is 0 Å². The predicted molar refractivity (Wildman–Crippen MR) is 67.0 cm³/mol. The molecule has 0 aromatic carbocycles. The monoisotopic (exact) mass is 323 g/mol. The van der Waals surface area contributed by atoms with Gasteiger partial charge in [-0.2, -0.15) is 0 Å². The molecule has 0 bridgehead atoms. The molecule has 0 unspecified atom stereocenters. The molecule has 0 aliphatic rings. The first-order valence-corrected chi connectivity index (χ1v) is 6.42. The van der Waals surface area contributed by atoms with E-state index in [0.717, 1.165) is 14.7 Å². The summed E-state index contributed by atoms with van der Waals surface area (Å²) in [5.74, 6) is 0. The molecule has 0 aliphatic heterocycles. The van der Waals surface area contributed by atoms with Crippen LogP contribution < -0.4 is 5.73 Å². The number of rotatable bonds is 3. The first-order valence-electron chi connectivity index (χ1n) is 4.01. The Balaban J connectivity index is 2.89. The van der Waals surface area contributed by atoms with Crippen LogP contribution in [0.4, 0.5) is 0 Å². The Labute approximate surface area is 99.3 Å². The van der Waals surface area contributed by atoms with Crippen molar-refractivity contribution in [3.63, 3.8) is 0 Å². The van der Waals surface area contributed by atoms with E-state index in [2.05, 4.69) is 50.9 Å². The van der Waals surface area contributed by atoms with Crippen LogP contribution in [0.15, 0.2) is 19.9 Å². The SMILES string of the molecule is CC/C(=C\c1cc(Br)c(Br)s1)CN. The maximum atomic E-state index is 5.59. The second-order valence-corrected chi connectivity index (χ2v) is 5.89. The minimum atomic E-state index is 0.642.